The van der Waals surface area contributed by atoms with Crippen LogP contribution in [0.5, 0.6) is 0 Å². The van der Waals surface area contributed by atoms with Crippen molar-refractivity contribution in [1.82, 2.24) is 5.32 Å². The van der Waals surface area contributed by atoms with Gasteiger partial charge in [-0.2, -0.15) is 26.3 Å². The van der Waals surface area contributed by atoms with Crippen LogP contribution in [0.3, 0.4) is 0 Å². The second kappa shape index (κ2) is 4.86. The first kappa shape index (κ1) is 13.5. The lowest BCUT2D eigenvalue weighted by Gasteiger charge is -2.16. The predicted octanol–water partition coefficient (Wildman–Crippen LogP) is 2.87. The maximum atomic E-state index is 11.7. The van der Waals surface area contributed by atoms with Crippen molar-refractivity contribution in [3.63, 3.8) is 0 Å². The zero-order valence-corrected chi connectivity index (χ0v) is 7.47. The molecular weight excluding hydrogens is 212 g/mol. The fourth-order valence-corrected chi connectivity index (χ4v) is 0.880. The Morgan fingerprint density at radius 2 is 1.50 bits per heavy atom. The molecule has 0 fully saturated rings. The molecular formula is C7H11F6N. The highest BCUT2D eigenvalue weighted by Gasteiger charge is 2.31. The highest BCUT2D eigenvalue weighted by Crippen LogP contribution is 2.22. The van der Waals surface area contributed by atoms with E-state index in [1.165, 1.54) is 6.92 Å². The van der Waals surface area contributed by atoms with E-state index in [4.69, 9.17) is 0 Å². The summed E-state index contributed by atoms with van der Waals surface area (Å²) in [7, 11) is 0. The normalized spacial score (nSPS) is 15.6. The van der Waals surface area contributed by atoms with Gasteiger partial charge in [0.05, 0.1) is 12.8 Å². The van der Waals surface area contributed by atoms with Crippen molar-refractivity contribution >= 4 is 0 Å². The molecule has 0 saturated heterocycles. The topological polar surface area (TPSA) is 12.0 Å². The fourth-order valence-electron chi connectivity index (χ4n) is 0.880. The molecule has 14 heavy (non-hydrogen) atoms. The van der Waals surface area contributed by atoms with E-state index in [0.717, 1.165) is 0 Å². The third kappa shape index (κ3) is 9.63. The molecule has 0 bridgehead atoms. The lowest BCUT2D eigenvalue weighted by molar-refractivity contribution is -0.141. The first-order valence-corrected chi connectivity index (χ1v) is 3.97. The molecule has 0 rings (SSSR count). The Labute approximate surface area is 77.5 Å². The van der Waals surface area contributed by atoms with Crippen molar-refractivity contribution in [2.75, 3.05) is 6.54 Å². The van der Waals surface area contributed by atoms with Gasteiger partial charge in [0.25, 0.3) is 0 Å². The standard InChI is InChI=1S/C7H11F6N/c1-5(4-7(11,12)13)14-3-2-6(8,9)10/h5,14H,2-4H2,1H3. The van der Waals surface area contributed by atoms with Gasteiger partial charge in [-0.05, 0) is 6.92 Å². The minimum Gasteiger partial charge on any atom is -0.314 e. The van der Waals surface area contributed by atoms with Crippen LogP contribution >= 0.6 is 0 Å². The highest BCUT2D eigenvalue weighted by atomic mass is 19.4. The number of hydrogen-bond acceptors (Lipinski definition) is 1. The SMILES string of the molecule is CC(CC(F)(F)F)NCCC(F)(F)F. The molecule has 86 valence electrons. The number of hydrogen-bond donors (Lipinski definition) is 1. The number of rotatable bonds is 4. The van der Waals surface area contributed by atoms with E-state index in [0.29, 0.717) is 0 Å². The van der Waals surface area contributed by atoms with Crippen molar-refractivity contribution in [3.8, 4) is 0 Å². The lowest BCUT2D eigenvalue weighted by Crippen LogP contribution is -2.33. The van der Waals surface area contributed by atoms with Gasteiger partial charge in [0.1, 0.15) is 0 Å². The largest absolute Gasteiger partial charge is 0.390 e. The first-order chi connectivity index (χ1) is 6.10. The van der Waals surface area contributed by atoms with E-state index in [2.05, 4.69) is 5.32 Å². The van der Waals surface area contributed by atoms with Gasteiger partial charge in [0.2, 0.25) is 0 Å². The van der Waals surface area contributed by atoms with E-state index in [1.54, 1.807) is 0 Å². The van der Waals surface area contributed by atoms with Crippen LogP contribution in [0.4, 0.5) is 26.3 Å². The van der Waals surface area contributed by atoms with Crippen LogP contribution in [-0.4, -0.2) is 24.9 Å². The Bertz CT molecular complexity index is 161. The minimum atomic E-state index is -4.34. The molecule has 1 unspecified atom stereocenters. The quantitative estimate of drug-likeness (QED) is 0.722. The predicted molar refractivity (Wildman–Crippen MR) is 38.8 cm³/mol. The van der Waals surface area contributed by atoms with Crippen molar-refractivity contribution in [1.29, 1.82) is 0 Å². The molecule has 0 aromatic carbocycles. The molecule has 0 radical (unpaired) electrons. The van der Waals surface area contributed by atoms with Crippen molar-refractivity contribution in [3.05, 3.63) is 0 Å². The van der Waals surface area contributed by atoms with Crippen LogP contribution in [0.25, 0.3) is 0 Å². The molecule has 0 heterocycles. The summed E-state index contributed by atoms with van der Waals surface area (Å²) in [6.07, 6.45) is -10.9. The molecule has 0 aliphatic rings. The van der Waals surface area contributed by atoms with Gasteiger partial charge in [0, 0.05) is 12.6 Å². The summed E-state index contributed by atoms with van der Waals surface area (Å²) in [4.78, 5) is 0. The van der Waals surface area contributed by atoms with Gasteiger partial charge in [0.15, 0.2) is 0 Å². The molecule has 0 aliphatic heterocycles. The van der Waals surface area contributed by atoms with Crippen LogP contribution in [0.2, 0.25) is 0 Å². The summed E-state index contributed by atoms with van der Waals surface area (Å²) in [6.45, 7) is 0.713. The number of halogens is 6. The van der Waals surface area contributed by atoms with E-state index in [-0.39, 0.29) is 0 Å². The van der Waals surface area contributed by atoms with Gasteiger partial charge in [-0.25, -0.2) is 0 Å². The number of alkyl halides is 6. The maximum Gasteiger partial charge on any atom is 0.390 e. The molecule has 0 aliphatic carbocycles. The van der Waals surface area contributed by atoms with Crippen molar-refractivity contribution in [2.45, 2.75) is 38.2 Å². The van der Waals surface area contributed by atoms with Crippen molar-refractivity contribution < 1.29 is 26.3 Å². The second-order valence-corrected chi connectivity index (χ2v) is 3.04. The maximum absolute atomic E-state index is 11.7. The smallest absolute Gasteiger partial charge is 0.314 e. The molecule has 0 aromatic heterocycles. The lowest BCUT2D eigenvalue weighted by atomic mass is 10.2. The molecule has 7 heteroatoms. The minimum absolute atomic E-state index is 0.485. The molecule has 0 spiro atoms. The molecule has 1 N–H and O–H groups in total. The van der Waals surface area contributed by atoms with Crippen LogP contribution in [0.15, 0.2) is 0 Å². The van der Waals surface area contributed by atoms with E-state index in [9.17, 15) is 26.3 Å². The van der Waals surface area contributed by atoms with Gasteiger partial charge in [-0.3, -0.25) is 0 Å². The van der Waals surface area contributed by atoms with E-state index in [1.807, 2.05) is 0 Å². The highest BCUT2D eigenvalue weighted by molar-refractivity contribution is 4.66. The third-order valence-corrected chi connectivity index (χ3v) is 1.44. The van der Waals surface area contributed by atoms with Crippen LogP contribution in [0.1, 0.15) is 19.8 Å². The summed E-state index contributed by atoms with van der Waals surface area (Å²) in [5, 5.41) is 2.16. The summed E-state index contributed by atoms with van der Waals surface area (Å²) in [5.74, 6) is 0. The molecule has 1 nitrogen and oxygen atoms in total. The second-order valence-electron chi connectivity index (χ2n) is 3.04. The average Bonchev–Trinajstić information content (AvgIpc) is 1.78. The van der Waals surface area contributed by atoms with Gasteiger partial charge in [-0.15, -0.1) is 0 Å². The molecule has 0 saturated carbocycles. The zero-order valence-electron chi connectivity index (χ0n) is 7.47. The summed E-state index contributed by atoms with van der Waals surface area (Å²) in [5.41, 5.74) is 0. The van der Waals surface area contributed by atoms with E-state index < -0.39 is 37.8 Å². The fraction of sp³-hybridized carbons (Fsp3) is 1.00. The molecule has 1 atom stereocenters. The van der Waals surface area contributed by atoms with Crippen LogP contribution in [0, 0.1) is 0 Å². The Hall–Kier alpha value is -0.460. The monoisotopic (exact) mass is 223 g/mol. The Morgan fingerprint density at radius 1 is 1.00 bits per heavy atom. The van der Waals surface area contributed by atoms with Gasteiger partial charge >= 0.3 is 12.4 Å². The molecule has 0 amide bonds. The summed E-state index contributed by atoms with van der Waals surface area (Å²) >= 11 is 0. The zero-order chi connectivity index (χ0) is 11.4. The molecule has 0 aromatic rings. The Morgan fingerprint density at radius 3 is 1.86 bits per heavy atom. The first-order valence-electron chi connectivity index (χ1n) is 3.97. The Balaban J connectivity index is 3.60. The summed E-state index contributed by atoms with van der Waals surface area (Å²) < 4.78 is 69.9. The number of nitrogens with one attached hydrogen (secondary N) is 1. The Kier molecular flexibility index (Phi) is 4.70. The third-order valence-electron chi connectivity index (χ3n) is 1.44. The van der Waals surface area contributed by atoms with Gasteiger partial charge < -0.3 is 5.32 Å². The van der Waals surface area contributed by atoms with Crippen molar-refractivity contribution in [2.24, 2.45) is 0 Å². The van der Waals surface area contributed by atoms with E-state index >= 15 is 0 Å². The van der Waals surface area contributed by atoms with Gasteiger partial charge in [-0.1, -0.05) is 0 Å². The average molecular weight is 223 g/mol. The van der Waals surface area contributed by atoms with Crippen LogP contribution in [-0.2, 0) is 0 Å². The van der Waals surface area contributed by atoms with Crippen LogP contribution < -0.4 is 5.32 Å². The summed E-state index contributed by atoms with van der Waals surface area (Å²) in [6, 6.07) is -0.989.